The topological polar surface area (TPSA) is 56.5 Å². The van der Waals surface area contributed by atoms with Crippen molar-refractivity contribution in [1.29, 1.82) is 0 Å². The zero-order chi connectivity index (χ0) is 17.4. The van der Waals surface area contributed by atoms with Gasteiger partial charge in [0.2, 0.25) is 4.96 Å². The monoisotopic (exact) mass is 349 g/mol. The van der Waals surface area contributed by atoms with Crippen LogP contribution in [0.15, 0.2) is 53.3 Å². The predicted octanol–water partition coefficient (Wildman–Crippen LogP) is 2.68. The molecule has 5 nitrogen and oxygen atoms in total. The molecule has 2 aromatic carbocycles. The maximum Gasteiger partial charge on any atom is 0.291 e. The van der Waals surface area contributed by atoms with Gasteiger partial charge >= 0.3 is 0 Å². The minimum Gasteiger partial charge on any atom is -0.496 e. The van der Waals surface area contributed by atoms with Gasteiger partial charge in [-0.1, -0.05) is 53.3 Å². The van der Waals surface area contributed by atoms with Gasteiger partial charge in [0.05, 0.1) is 17.2 Å². The molecule has 0 saturated carbocycles. The van der Waals surface area contributed by atoms with E-state index in [9.17, 15) is 4.79 Å². The van der Waals surface area contributed by atoms with E-state index in [-0.39, 0.29) is 5.56 Å². The zero-order valence-corrected chi connectivity index (χ0v) is 14.6. The second-order valence-corrected chi connectivity index (χ2v) is 6.67. The van der Waals surface area contributed by atoms with Gasteiger partial charge in [-0.3, -0.25) is 4.79 Å². The maximum absolute atomic E-state index is 12.6. The Morgan fingerprint density at radius 2 is 1.88 bits per heavy atom. The number of ether oxygens (including phenoxy) is 1. The number of para-hydroxylation sites is 1. The lowest BCUT2D eigenvalue weighted by atomic mass is 10.1. The van der Waals surface area contributed by atoms with Crippen LogP contribution in [0.2, 0.25) is 0 Å². The van der Waals surface area contributed by atoms with Crippen LogP contribution in [-0.2, 0) is 0 Å². The van der Waals surface area contributed by atoms with Gasteiger partial charge < -0.3 is 4.74 Å². The molecule has 124 valence electrons. The van der Waals surface area contributed by atoms with Crippen LogP contribution in [0, 0.1) is 6.92 Å². The van der Waals surface area contributed by atoms with Gasteiger partial charge in [-0.2, -0.15) is 9.50 Å². The van der Waals surface area contributed by atoms with Crippen LogP contribution < -0.4 is 14.8 Å². The Kier molecular flexibility index (Phi) is 3.82. The molecule has 0 spiro atoms. The summed E-state index contributed by atoms with van der Waals surface area (Å²) in [5.41, 5.74) is 2.78. The minimum atomic E-state index is -0.158. The first kappa shape index (κ1) is 15.5. The number of hydrogen-bond acceptors (Lipinski definition) is 5. The molecule has 4 rings (SSSR count). The third-order valence-electron chi connectivity index (χ3n) is 3.90. The van der Waals surface area contributed by atoms with Gasteiger partial charge in [0.15, 0.2) is 5.82 Å². The Hall–Kier alpha value is -2.99. The number of hydrogen-bond donors (Lipinski definition) is 0. The van der Waals surface area contributed by atoms with Crippen LogP contribution in [0.3, 0.4) is 0 Å². The molecule has 0 fully saturated rings. The third-order valence-corrected chi connectivity index (χ3v) is 4.86. The highest BCUT2D eigenvalue weighted by atomic mass is 32.1. The van der Waals surface area contributed by atoms with Crippen LogP contribution in [0.5, 0.6) is 5.75 Å². The molecule has 0 aliphatic carbocycles. The van der Waals surface area contributed by atoms with E-state index in [0.29, 0.717) is 21.1 Å². The average Bonchev–Trinajstić information content (AvgIpc) is 3.17. The molecule has 0 aliphatic heterocycles. The highest BCUT2D eigenvalue weighted by Crippen LogP contribution is 2.27. The summed E-state index contributed by atoms with van der Waals surface area (Å²) in [5.74, 6) is 1.17. The molecule has 0 unspecified atom stereocenters. The van der Waals surface area contributed by atoms with Crippen LogP contribution in [0.25, 0.3) is 22.4 Å². The summed E-state index contributed by atoms with van der Waals surface area (Å²) in [7, 11) is 1.60. The Balaban J connectivity index is 1.82. The van der Waals surface area contributed by atoms with E-state index in [1.54, 1.807) is 7.11 Å². The van der Waals surface area contributed by atoms with Crippen molar-refractivity contribution in [3.05, 3.63) is 74.5 Å². The molecule has 25 heavy (non-hydrogen) atoms. The number of nitrogens with zero attached hydrogens (tertiary/aromatic N) is 3. The lowest BCUT2D eigenvalue weighted by Crippen LogP contribution is -2.23. The molecule has 0 aliphatic rings. The first-order chi connectivity index (χ1) is 12.2. The lowest BCUT2D eigenvalue weighted by Gasteiger charge is -2.03. The standard InChI is InChI=1S/C19H15N3O2S/c1-12-7-9-13(10-8-12)11-16-18(23)22-19(25-16)20-17(21-22)14-5-3-4-6-15(14)24-2/h3-11H,1-2H3. The van der Waals surface area contributed by atoms with Crippen LogP contribution in [-0.4, -0.2) is 21.7 Å². The number of rotatable bonds is 3. The smallest absolute Gasteiger partial charge is 0.291 e. The van der Waals surface area contributed by atoms with E-state index < -0.39 is 0 Å². The molecular weight excluding hydrogens is 334 g/mol. The number of aromatic nitrogens is 3. The van der Waals surface area contributed by atoms with E-state index in [4.69, 9.17) is 4.74 Å². The van der Waals surface area contributed by atoms with Gasteiger partial charge in [0, 0.05) is 0 Å². The van der Waals surface area contributed by atoms with Crippen molar-refractivity contribution in [2.45, 2.75) is 6.92 Å². The second-order valence-electron chi connectivity index (χ2n) is 5.66. The number of methoxy groups -OCH3 is 1. The predicted molar refractivity (Wildman–Crippen MR) is 99.1 cm³/mol. The average molecular weight is 349 g/mol. The fraction of sp³-hybridized carbons (Fsp3) is 0.105. The van der Waals surface area contributed by atoms with Gasteiger partial charge in [0.1, 0.15) is 5.75 Å². The molecule has 0 amide bonds. The van der Waals surface area contributed by atoms with Crippen molar-refractivity contribution < 1.29 is 4.74 Å². The maximum atomic E-state index is 12.6. The van der Waals surface area contributed by atoms with E-state index in [1.165, 1.54) is 21.4 Å². The Morgan fingerprint density at radius 3 is 2.60 bits per heavy atom. The van der Waals surface area contributed by atoms with Crippen molar-refractivity contribution in [2.24, 2.45) is 0 Å². The first-order valence-electron chi connectivity index (χ1n) is 7.77. The van der Waals surface area contributed by atoms with E-state index >= 15 is 0 Å². The number of fused-ring (bicyclic) bond motifs is 1. The molecule has 2 heterocycles. The summed E-state index contributed by atoms with van der Waals surface area (Å²) >= 11 is 1.33. The highest BCUT2D eigenvalue weighted by molar-refractivity contribution is 7.15. The lowest BCUT2D eigenvalue weighted by molar-refractivity contribution is 0.416. The minimum absolute atomic E-state index is 0.158. The molecule has 0 atom stereocenters. The van der Waals surface area contributed by atoms with Crippen molar-refractivity contribution >= 4 is 22.4 Å². The number of aryl methyl sites for hydroxylation is 1. The largest absolute Gasteiger partial charge is 0.496 e. The summed E-state index contributed by atoms with van der Waals surface area (Å²) in [6, 6.07) is 15.5. The summed E-state index contributed by atoms with van der Waals surface area (Å²) in [6.07, 6.45) is 1.87. The van der Waals surface area contributed by atoms with Crippen LogP contribution in [0.4, 0.5) is 0 Å². The van der Waals surface area contributed by atoms with E-state index in [1.807, 2.05) is 61.5 Å². The summed E-state index contributed by atoms with van der Waals surface area (Å²) < 4.78 is 7.31. The van der Waals surface area contributed by atoms with Crippen molar-refractivity contribution in [3.8, 4) is 17.1 Å². The molecule has 4 aromatic rings. The Morgan fingerprint density at radius 1 is 1.12 bits per heavy atom. The highest BCUT2D eigenvalue weighted by Gasteiger charge is 2.14. The Labute approximate surface area is 147 Å². The molecular formula is C19H15N3O2S. The fourth-order valence-electron chi connectivity index (χ4n) is 2.59. The van der Waals surface area contributed by atoms with Gasteiger partial charge in [-0.05, 0) is 30.7 Å². The SMILES string of the molecule is COc1ccccc1-c1nc2sc(=Cc3ccc(C)cc3)c(=O)n2n1. The van der Waals surface area contributed by atoms with Gasteiger partial charge in [0.25, 0.3) is 5.56 Å². The fourth-order valence-corrected chi connectivity index (χ4v) is 3.50. The van der Waals surface area contributed by atoms with Gasteiger partial charge in [-0.15, -0.1) is 5.10 Å². The molecule has 0 bridgehead atoms. The molecule has 0 saturated heterocycles. The van der Waals surface area contributed by atoms with Gasteiger partial charge in [-0.25, -0.2) is 0 Å². The van der Waals surface area contributed by atoms with Crippen molar-refractivity contribution in [1.82, 2.24) is 14.6 Å². The number of thiazole rings is 1. The van der Waals surface area contributed by atoms with Crippen molar-refractivity contribution in [2.75, 3.05) is 7.11 Å². The van der Waals surface area contributed by atoms with E-state index in [2.05, 4.69) is 10.1 Å². The molecule has 6 heteroatoms. The van der Waals surface area contributed by atoms with E-state index in [0.717, 1.165) is 11.1 Å². The molecule has 2 aromatic heterocycles. The third kappa shape index (κ3) is 2.81. The quantitative estimate of drug-likeness (QED) is 0.571. The normalized spacial score (nSPS) is 12.0. The summed E-state index contributed by atoms with van der Waals surface area (Å²) in [4.78, 5) is 17.7. The Bertz CT molecular complexity index is 1160. The van der Waals surface area contributed by atoms with Crippen molar-refractivity contribution in [3.63, 3.8) is 0 Å². The van der Waals surface area contributed by atoms with Crippen LogP contribution in [0.1, 0.15) is 11.1 Å². The number of benzene rings is 2. The first-order valence-corrected chi connectivity index (χ1v) is 8.59. The molecule has 0 N–H and O–H groups in total. The second kappa shape index (κ2) is 6.14. The van der Waals surface area contributed by atoms with Crippen LogP contribution >= 0.6 is 11.3 Å². The zero-order valence-electron chi connectivity index (χ0n) is 13.8. The summed E-state index contributed by atoms with van der Waals surface area (Å²) in [5, 5.41) is 4.37. The molecule has 0 radical (unpaired) electrons. The summed E-state index contributed by atoms with van der Waals surface area (Å²) in [6.45, 7) is 2.03.